The summed E-state index contributed by atoms with van der Waals surface area (Å²) in [7, 11) is 4.16. The highest BCUT2D eigenvalue weighted by atomic mass is 15.1. The molecule has 0 bridgehead atoms. The van der Waals surface area contributed by atoms with Crippen LogP contribution in [0.15, 0.2) is 18.2 Å². The lowest BCUT2D eigenvalue weighted by atomic mass is 10.1. The van der Waals surface area contributed by atoms with E-state index in [-0.39, 0.29) is 0 Å². The van der Waals surface area contributed by atoms with Crippen molar-refractivity contribution in [3.8, 4) is 0 Å². The molecular formula is C15H24N2. The van der Waals surface area contributed by atoms with Crippen LogP contribution < -0.4 is 10.2 Å². The minimum absolute atomic E-state index is 0.589. The Balaban J connectivity index is 1.99. The molecule has 1 aromatic carbocycles. The number of hydrogen-bond donors (Lipinski definition) is 1. The molecule has 2 rings (SSSR count). The van der Waals surface area contributed by atoms with E-state index in [1.165, 1.54) is 36.2 Å². The van der Waals surface area contributed by atoms with E-state index in [1.807, 2.05) is 0 Å². The number of anilines is 2. The monoisotopic (exact) mass is 232 g/mol. The first-order valence-electron chi connectivity index (χ1n) is 6.61. The number of hydrogen-bond acceptors (Lipinski definition) is 2. The average Bonchev–Trinajstić information content (AvgIpc) is 3.04. The molecule has 0 aromatic heterocycles. The second kappa shape index (κ2) is 4.99. The van der Waals surface area contributed by atoms with Gasteiger partial charge >= 0.3 is 0 Å². The summed E-state index contributed by atoms with van der Waals surface area (Å²) in [6.45, 7) is 4.47. The van der Waals surface area contributed by atoms with Gasteiger partial charge < -0.3 is 10.2 Å². The Bertz CT molecular complexity index is 381. The van der Waals surface area contributed by atoms with Gasteiger partial charge in [0, 0.05) is 31.5 Å². The van der Waals surface area contributed by atoms with E-state index in [4.69, 9.17) is 0 Å². The Morgan fingerprint density at radius 3 is 2.59 bits per heavy atom. The first-order valence-corrected chi connectivity index (χ1v) is 6.61. The highest BCUT2D eigenvalue weighted by Gasteiger charge is 2.23. The number of rotatable bonds is 5. The van der Waals surface area contributed by atoms with Crippen LogP contribution in [0.3, 0.4) is 0 Å². The van der Waals surface area contributed by atoms with Gasteiger partial charge in [-0.2, -0.15) is 0 Å². The van der Waals surface area contributed by atoms with Crippen molar-refractivity contribution in [3.05, 3.63) is 23.8 Å². The van der Waals surface area contributed by atoms with E-state index >= 15 is 0 Å². The summed E-state index contributed by atoms with van der Waals surface area (Å²) in [6.07, 6.45) is 4.18. The largest absolute Gasteiger partial charge is 0.382 e. The molecule has 17 heavy (non-hydrogen) atoms. The maximum atomic E-state index is 3.63. The fourth-order valence-corrected chi connectivity index (χ4v) is 2.27. The van der Waals surface area contributed by atoms with Crippen molar-refractivity contribution >= 4 is 11.4 Å². The lowest BCUT2D eigenvalue weighted by molar-refractivity contribution is 0.642. The molecule has 1 fully saturated rings. The summed E-state index contributed by atoms with van der Waals surface area (Å²) < 4.78 is 0. The average molecular weight is 232 g/mol. The molecule has 0 spiro atoms. The molecule has 1 aromatic rings. The van der Waals surface area contributed by atoms with Crippen LogP contribution >= 0.6 is 0 Å². The van der Waals surface area contributed by atoms with Crippen molar-refractivity contribution in [1.29, 1.82) is 0 Å². The maximum Gasteiger partial charge on any atom is 0.0373 e. The van der Waals surface area contributed by atoms with Crippen molar-refractivity contribution in [1.82, 2.24) is 0 Å². The topological polar surface area (TPSA) is 15.3 Å². The quantitative estimate of drug-likeness (QED) is 0.833. The van der Waals surface area contributed by atoms with Gasteiger partial charge in [-0.05, 0) is 49.9 Å². The van der Waals surface area contributed by atoms with Crippen LogP contribution in [0.4, 0.5) is 11.4 Å². The smallest absolute Gasteiger partial charge is 0.0373 e. The number of nitrogens with zero attached hydrogens (tertiary/aromatic N) is 1. The normalized spacial score (nSPS) is 16.7. The number of nitrogens with one attached hydrogen (secondary N) is 1. The van der Waals surface area contributed by atoms with Crippen LogP contribution in [0.5, 0.6) is 0 Å². The van der Waals surface area contributed by atoms with Crippen LogP contribution in [-0.4, -0.2) is 20.1 Å². The molecule has 1 unspecified atom stereocenters. The molecular weight excluding hydrogens is 208 g/mol. The van der Waals surface area contributed by atoms with Gasteiger partial charge in [0.2, 0.25) is 0 Å². The van der Waals surface area contributed by atoms with E-state index in [0.717, 1.165) is 5.92 Å². The Morgan fingerprint density at radius 1 is 1.35 bits per heavy atom. The standard InChI is InChI=1S/C15H24N2/c1-11-9-14(17(3)4)7-8-15(11)16-12(2)10-13-5-6-13/h7-9,12-13,16H,5-6,10H2,1-4H3. The molecule has 0 radical (unpaired) electrons. The van der Waals surface area contributed by atoms with Gasteiger partial charge in [0.15, 0.2) is 0 Å². The zero-order valence-corrected chi connectivity index (χ0v) is 11.5. The van der Waals surface area contributed by atoms with E-state index < -0.39 is 0 Å². The highest BCUT2D eigenvalue weighted by Crippen LogP contribution is 2.34. The van der Waals surface area contributed by atoms with Gasteiger partial charge in [0.05, 0.1) is 0 Å². The summed E-state index contributed by atoms with van der Waals surface area (Å²) in [5.74, 6) is 0.985. The van der Waals surface area contributed by atoms with Crippen molar-refractivity contribution < 1.29 is 0 Å². The van der Waals surface area contributed by atoms with E-state index in [9.17, 15) is 0 Å². The minimum Gasteiger partial charge on any atom is -0.382 e. The summed E-state index contributed by atoms with van der Waals surface area (Å²) in [5, 5.41) is 3.63. The second-order valence-corrected chi connectivity index (χ2v) is 5.62. The molecule has 0 saturated heterocycles. The molecule has 94 valence electrons. The zero-order valence-electron chi connectivity index (χ0n) is 11.5. The van der Waals surface area contributed by atoms with E-state index in [2.05, 4.69) is 56.4 Å². The Labute approximate surface area is 105 Å². The van der Waals surface area contributed by atoms with Gasteiger partial charge in [-0.3, -0.25) is 0 Å². The predicted octanol–water partition coefficient (Wildman–Crippen LogP) is 3.66. The van der Waals surface area contributed by atoms with Gasteiger partial charge in [-0.1, -0.05) is 12.8 Å². The Kier molecular flexibility index (Phi) is 3.60. The second-order valence-electron chi connectivity index (χ2n) is 5.62. The molecule has 0 amide bonds. The van der Waals surface area contributed by atoms with Crippen LogP contribution in [0.25, 0.3) is 0 Å². The molecule has 1 aliphatic rings. The van der Waals surface area contributed by atoms with Crippen LogP contribution in [-0.2, 0) is 0 Å². The van der Waals surface area contributed by atoms with Crippen LogP contribution in [0.2, 0.25) is 0 Å². The van der Waals surface area contributed by atoms with E-state index in [1.54, 1.807) is 0 Å². The first-order chi connectivity index (χ1) is 8.06. The molecule has 0 aliphatic heterocycles. The van der Waals surface area contributed by atoms with Gasteiger partial charge in [0.1, 0.15) is 0 Å². The highest BCUT2D eigenvalue weighted by molar-refractivity contribution is 5.60. The van der Waals surface area contributed by atoms with Gasteiger partial charge in [-0.15, -0.1) is 0 Å². The van der Waals surface area contributed by atoms with Crippen molar-refractivity contribution in [2.75, 3.05) is 24.3 Å². The number of aryl methyl sites for hydroxylation is 1. The van der Waals surface area contributed by atoms with Crippen molar-refractivity contribution in [2.24, 2.45) is 5.92 Å². The zero-order chi connectivity index (χ0) is 12.4. The molecule has 2 heteroatoms. The molecule has 1 saturated carbocycles. The Hall–Kier alpha value is -1.18. The fourth-order valence-electron chi connectivity index (χ4n) is 2.27. The van der Waals surface area contributed by atoms with E-state index in [0.29, 0.717) is 6.04 Å². The predicted molar refractivity (Wildman–Crippen MR) is 75.9 cm³/mol. The van der Waals surface area contributed by atoms with Crippen molar-refractivity contribution in [3.63, 3.8) is 0 Å². The summed E-state index contributed by atoms with van der Waals surface area (Å²) >= 11 is 0. The third-order valence-electron chi connectivity index (χ3n) is 3.51. The third-order valence-corrected chi connectivity index (χ3v) is 3.51. The number of benzene rings is 1. The van der Waals surface area contributed by atoms with Crippen LogP contribution in [0, 0.1) is 12.8 Å². The lowest BCUT2D eigenvalue weighted by Crippen LogP contribution is -2.17. The molecule has 1 aliphatic carbocycles. The molecule has 1 atom stereocenters. The van der Waals surface area contributed by atoms with Crippen LogP contribution in [0.1, 0.15) is 31.7 Å². The Morgan fingerprint density at radius 2 is 2.06 bits per heavy atom. The minimum atomic E-state index is 0.589. The maximum absolute atomic E-state index is 3.63. The molecule has 0 heterocycles. The molecule has 1 N–H and O–H groups in total. The SMILES string of the molecule is Cc1cc(N(C)C)ccc1NC(C)CC1CC1. The summed E-state index contributed by atoms with van der Waals surface area (Å²) in [5.41, 5.74) is 3.88. The summed E-state index contributed by atoms with van der Waals surface area (Å²) in [6, 6.07) is 7.21. The van der Waals surface area contributed by atoms with Gasteiger partial charge in [0.25, 0.3) is 0 Å². The lowest BCUT2D eigenvalue weighted by Gasteiger charge is -2.19. The molecule has 2 nitrogen and oxygen atoms in total. The fraction of sp³-hybridized carbons (Fsp3) is 0.600. The first kappa shape index (κ1) is 12.3. The third kappa shape index (κ3) is 3.39. The van der Waals surface area contributed by atoms with Gasteiger partial charge in [-0.25, -0.2) is 0 Å². The summed E-state index contributed by atoms with van der Waals surface area (Å²) in [4.78, 5) is 2.14. The van der Waals surface area contributed by atoms with Crippen molar-refractivity contribution in [2.45, 2.75) is 39.2 Å².